The summed E-state index contributed by atoms with van der Waals surface area (Å²) in [7, 11) is 0. The average molecular weight is 285 g/mol. The Hall–Kier alpha value is -1.11. The van der Waals surface area contributed by atoms with Crippen LogP contribution in [-0.4, -0.2) is 9.85 Å². The van der Waals surface area contributed by atoms with Crippen LogP contribution in [0.25, 0.3) is 0 Å². The number of nitro groups is 2. The minimum absolute atomic E-state index is 0.215. The van der Waals surface area contributed by atoms with Crippen molar-refractivity contribution in [3.05, 3.63) is 44.0 Å². The van der Waals surface area contributed by atoms with Crippen LogP contribution in [-0.2, 0) is 3.79 Å². The van der Waals surface area contributed by atoms with Crippen molar-refractivity contribution < 1.29 is 9.85 Å². The highest BCUT2D eigenvalue weighted by molar-refractivity contribution is 6.67. The standard InChI is InChI=1S/C7H3Cl3N2O4/c8-7(9,10)5-2-1-4(11(13)14)3-6(5)12(15)16/h1-3H. The van der Waals surface area contributed by atoms with Gasteiger partial charge in [-0.2, -0.15) is 0 Å². The van der Waals surface area contributed by atoms with Crippen molar-refractivity contribution >= 4 is 46.2 Å². The van der Waals surface area contributed by atoms with Crippen molar-refractivity contribution in [2.24, 2.45) is 0 Å². The molecule has 0 fully saturated rings. The molecule has 1 aromatic carbocycles. The third kappa shape index (κ3) is 2.72. The molecule has 0 unspecified atom stereocenters. The summed E-state index contributed by atoms with van der Waals surface area (Å²) in [5.74, 6) is 0. The van der Waals surface area contributed by atoms with Gasteiger partial charge in [-0.1, -0.05) is 34.8 Å². The summed E-state index contributed by atoms with van der Waals surface area (Å²) in [6, 6.07) is 2.82. The predicted molar refractivity (Wildman–Crippen MR) is 59.0 cm³/mol. The predicted octanol–water partition coefficient (Wildman–Crippen LogP) is 3.33. The van der Waals surface area contributed by atoms with E-state index >= 15 is 0 Å². The number of alkyl halides is 3. The van der Waals surface area contributed by atoms with Gasteiger partial charge in [-0.05, 0) is 6.07 Å². The Kier molecular flexibility index (Phi) is 3.57. The number of hydrogen-bond acceptors (Lipinski definition) is 4. The van der Waals surface area contributed by atoms with E-state index in [1.54, 1.807) is 0 Å². The molecule has 0 aliphatic heterocycles. The van der Waals surface area contributed by atoms with E-state index in [2.05, 4.69) is 0 Å². The molecule has 0 spiro atoms. The second-order valence-corrected chi connectivity index (χ2v) is 4.99. The molecule has 9 heteroatoms. The first-order chi connectivity index (χ1) is 7.23. The maximum atomic E-state index is 10.7. The fraction of sp³-hybridized carbons (Fsp3) is 0.143. The number of halogens is 3. The fourth-order valence-corrected chi connectivity index (χ4v) is 1.50. The van der Waals surface area contributed by atoms with Crippen LogP contribution in [0.3, 0.4) is 0 Å². The smallest absolute Gasteiger partial charge is 0.258 e. The Morgan fingerprint density at radius 1 is 1.06 bits per heavy atom. The van der Waals surface area contributed by atoms with E-state index in [0.29, 0.717) is 0 Å². The van der Waals surface area contributed by atoms with Crippen LogP contribution in [0, 0.1) is 20.2 Å². The van der Waals surface area contributed by atoms with Crippen LogP contribution in [0.5, 0.6) is 0 Å². The summed E-state index contributed by atoms with van der Waals surface area (Å²) in [6.07, 6.45) is 0. The van der Waals surface area contributed by atoms with Crippen molar-refractivity contribution in [1.82, 2.24) is 0 Å². The number of hydrogen-bond donors (Lipinski definition) is 0. The summed E-state index contributed by atoms with van der Waals surface area (Å²) < 4.78 is -2.00. The van der Waals surface area contributed by atoms with Gasteiger partial charge >= 0.3 is 0 Å². The van der Waals surface area contributed by atoms with Gasteiger partial charge in [0.25, 0.3) is 11.4 Å². The lowest BCUT2D eigenvalue weighted by molar-refractivity contribution is -0.394. The van der Waals surface area contributed by atoms with Crippen molar-refractivity contribution in [1.29, 1.82) is 0 Å². The Morgan fingerprint density at radius 2 is 1.62 bits per heavy atom. The maximum Gasteiger partial charge on any atom is 0.283 e. The SMILES string of the molecule is O=[N+]([O-])c1ccc(C(Cl)(Cl)Cl)c([N+](=O)[O-])c1. The van der Waals surface area contributed by atoms with Gasteiger partial charge in [0.2, 0.25) is 3.79 Å². The van der Waals surface area contributed by atoms with Crippen LogP contribution < -0.4 is 0 Å². The molecule has 0 aliphatic carbocycles. The first-order valence-electron chi connectivity index (χ1n) is 3.73. The van der Waals surface area contributed by atoms with Gasteiger partial charge in [-0.3, -0.25) is 20.2 Å². The molecule has 1 rings (SSSR count). The summed E-state index contributed by atoms with van der Waals surface area (Å²) >= 11 is 16.5. The molecule has 0 saturated carbocycles. The molecule has 6 nitrogen and oxygen atoms in total. The Balaban J connectivity index is 3.43. The highest BCUT2D eigenvalue weighted by Crippen LogP contribution is 2.43. The summed E-state index contributed by atoms with van der Waals surface area (Å²) in [5.41, 5.74) is -1.26. The molecule has 0 bridgehead atoms. The van der Waals surface area contributed by atoms with Crippen molar-refractivity contribution in [3.8, 4) is 0 Å². The molecule has 16 heavy (non-hydrogen) atoms. The third-order valence-corrected chi connectivity index (χ3v) is 2.31. The first kappa shape index (κ1) is 13.0. The average Bonchev–Trinajstić information content (AvgIpc) is 2.15. The monoisotopic (exact) mass is 284 g/mol. The zero-order valence-corrected chi connectivity index (χ0v) is 9.66. The minimum atomic E-state index is -2.00. The molecule has 0 radical (unpaired) electrons. The van der Waals surface area contributed by atoms with Crippen LogP contribution in [0.4, 0.5) is 11.4 Å². The van der Waals surface area contributed by atoms with Crippen molar-refractivity contribution in [2.45, 2.75) is 3.79 Å². The van der Waals surface area contributed by atoms with E-state index < -0.39 is 25.0 Å². The van der Waals surface area contributed by atoms with E-state index in [1.165, 1.54) is 0 Å². The highest BCUT2D eigenvalue weighted by atomic mass is 35.6. The van der Waals surface area contributed by atoms with Gasteiger partial charge < -0.3 is 0 Å². The van der Waals surface area contributed by atoms with Crippen LogP contribution in [0.1, 0.15) is 5.56 Å². The molecule has 0 heterocycles. The fourth-order valence-electron chi connectivity index (χ4n) is 1.02. The number of rotatable bonds is 2. The minimum Gasteiger partial charge on any atom is -0.258 e. The van der Waals surface area contributed by atoms with E-state index in [9.17, 15) is 20.2 Å². The summed E-state index contributed by atoms with van der Waals surface area (Å²) in [6.45, 7) is 0. The highest BCUT2D eigenvalue weighted by Gasteiger charge is 2.33. The second-order valence-electron chi connectivity index (χ2n) is 2.71. The largest absolute Gasteiger partial charge is 0.283 e. The molecule has 0 aromatic heterocycles. The second kappa shape index (κ2) is 4.40. The summed E-state index contributed by atoms with van der Waals surface area (Å²) in [4.78, 5) is 19.5. The lowest BCUT2D eigenvalue weighted by Crippen LogP contribution is -2.05. The van der Waals surface area contributed by atoms with Gasteiger partial charge in [-0.25, -0.2) is 0 Å². The van der Waals surface area contributed by atoms with E-state index in [1.807, 2.05) is 0 Å². The van der Waals surface area contributed by atoms with E-state index in [-0.39, 0.29) is 5.56 Å². The van der Waals surface area contributed by atoms with E-state index in [4.69, 9.17) is 34.8 Å². The number of nitrogens with zero attached hydrogens (tertiary/aromatic N) is 2. The Labute approximate surface area is 104 Å². The molecule has 0 atom stereocenters. The lowest BCUT2D eigenvalue weighted by Gasteiger charge is -2.10. The van der Waals surface area contributed by atoms with E-state index in [0.717, 1.165) is 18.2 Å². The number of benzene rings is 1. The van der Waals surface area contributed by atoms with Gasteiger partial charge in [-0.15, -0.1) is 0 Å². The molecule has 0 saturated heterocycles. The zero-order chi connectivity index (χ0) is 12.5. The molecule has 86 valence electrons. The molecule has 0 N–H and O–H groups in total. The number of nitro benzene ring substituents is 2. The first-order valence-corrected chi connectivity index (χ1v) is 4.87. The zero-order valence-electron chi connectivity index (χ0n) is 7.39. The van der Waals surface area contributed by atoms with Crippen LogP contribution >= 0.6 is 34.8 Å². The Morgan fingerprint density at radius 3 is 2.00 bits per heavy atom. The van der Waals surface area contributed by atoms with Gasteiger partial charge in [0, 0.05) is 6.07 Å². The topological polar surface area (TPSA) is 86.3 Å². The molecule has 0 aliphatic rings. The van der Waals surface area contributed by atoms with Crippen molar-refractivity contribution in [3.63, 3.8) is 0 Å². The molecular formula is C7H3Cl3N2O4. The van der Waals surface area contributed by atoms with Crippen LogP contribution in [0.15, 0.2) is 18.2 Å². The van der Waals surface area contributed by atoms with Crippen molar-refractivity contribution in [2.75, 3.05) is 0 Å². The van der Waals surface area contributed by atoms with Gasteiger partial charge in [0.15, 0.2) is 0 Å². The quantitative estimate of drug-likeness (QED) is 0.474. The normalized spacial score (nSPS) is 11.2. The van der Waals surface area contributed by atoms with Gasteiger partial charge in [0.1, 0.15) is 0 Å². The van der Waals surface area contributed by atoms with Gasteiger partial charge in [0.05, 0.1) is 21.5 Å². The summed E-state index contributed by atoms with van der Waals surface area (Å²) in [5, 5.41) is 21.1. The number of non-ortho nitro benzene ring substituents is 1. The maximum absolute atomic E-state index is 10.7. The third-order valence-electron chi connectivity index (χ3n) is 1.69. The lowest BCUT2D eigenvalue weighted by atomic mass is 10.2. The molecule has 1 aromatic rings. The Bertz CT molecular complexity index is 457. The molecule has 0 amide bonds. The molecular weight excluding hydrogens is 282 g/mol. The van der Waals surface area contributed by atoms with Crippen LogP contribution in [0.2, 0.25) is 0 Å².